The number of carbonyl (C=O) groups excluding carboxylic acids is 3. The maximum atomic E-state index is 13.5. The summed E-state index contributed by atoms with van der Waals surface area (Å²) in [6.07, 6.45) is 2.12. The Hall–Kier alpha value is -2.71. The van der Waals surface area contributed by atoms with Crippen LogP contribution in [0, 0.1) is 12.7 Å². The molecule has 0 fully saturated rings. The first-order valence-electron chi connectivity index (χ1n) is 10.0. The topological polar surface area (TPSA) is 100 Å². The first-order valence-corrected chi connectivity index (χ1v) is 10.4. The van der Waals surface area contributed by atoms with Crippen LogP contribution in [0.3, 0.4) is 0 Å². The Morgan fingerprint density at radius 2 is 1.97 bits per heavy atom. The Morgan fingerprint density at radius 1 is 1.26 bits per heavy atom. The second kappa shape index (κ2) is 8.80. The van der Waals surface area contributed by atoms with Crippen molar-refractivity contribution in [3.8, 4) is 0 Å². The number of amides is 2. The number of fused-ring (bicyclic) bond motifs is 1. The number of rotatable bonds is 6. The van der Waals surface area contributed by atoms with Crippen LogP contribution in [0.2, 0.25) is 5.02 Å². The highest BCUT2D eigenvalue weighted by atomic mass is 35.5. The van der Waals surface area contributed by atoms with E-state index in [1.807, 2.05) is 0 Å². The SMILES string of the molecule is Cc1cc(NC(=O)c2c(Cl)c(C(=O)C(=O)NC(C)(C)CO)n3c2CCCC3)ccc1F. The van der Waals surface area contributed by atoms with Gasteiger partial charge in [-0.1, -0.05) is 11.6 Å². The van der Waals surface area contributed by atoms with Gasteiger partial charge in [0.1, 0.15) is 11.5 Å². The molecule has 0 radical (unpaired) electrons. The third-order valence-corrected chi connectivity index (χ3v) is 5.64. The van der Waals surface area contributed by atoms with Gasteiger partial charge in [0.2, 0.25) is 0 Å². The zero-order chi connectivity index (χ0) is 22.9. The summed E-state index contributed by atoms with van der Waals surface area (Å²) in [5.74, 6) is -2.70. The summed E-state index contributed by atoms with van der Waals surface area (Å²) in [4.78, 5) is 38.5. The quantitative estimate of drug-likeness (QED) is 0.465. The van der Waals surface area contributed by atoms with Gasteiger partial charge < -0.3 is 20.3 Å². The zero-order valence-electron chi connectivity index (χ0n) is 17.6. The predicted octanol–water partition coefficient (Wildman–Crippen LogP) is 3.25. The van der Waals surface area contributed by atoms with E-state index >= 15 is 0 Å². The van der Waals surface area contributed by atoms with Crippen LogP contribution in [-0.4, -0.2) is 39.4 Å². The van der Waals surface area contributed by atoms with Crippen molar-refractivity contribution in [3.05, 3.63) is 51.6 Å². The maximum Gasteiger partial charge on any atom is 0.294 e. The molecule has 2 amide bonds. The van der Waals surface area contributed by atoms with Crippen molar-refractivity contribution in [2.75, 3.05) is 11.9 Å². The number of benzene rings is 1. The van der Waals surface area contributed by atoms with Gasteiger partial charge in [-0.25, -0.2) is 4.39 Å². The summed E-state index contributed by atoms with van der Waals surface area (Å²) in [6, 6.07) is 4.19. The Morgan fingerprint density at radius 3 is 2.61 bits per heavy atom. The lowest BCUT2D eigenvalue weighted by molar-refractivity contribution is -0.119. The van der Waals surface area contributed by atoms with E-state index in [1.165, 1.54) is 18.2 Å². The second-order valence-corrected chi connectivity index (χ2v) is 8.71. The van der Waals surface area contributed by atoms with Gasteiger partial charge in [0.25, 0.3) is 17.6 Å². The number of aromatic nitrogens is 1. The van der Waals surface area contributed by atoms with Crippen LogP contribution in [0.4, 0.5) is 10.1 Å². The van der Waals surface area contributed by atoms with E-state index in [4.69, 9.17) is 11.6 Å². The van der Waals surface area contributed by atoms with Crippen LogP contribution < -0.4 is 10.6 Å². The first kappa shape index (κ1) is 23.0. The molecule has 31 heavy (non-hydrogen) atoms. The number of Topliss-reactive ketones (excluding diaryl/α,β-unsaturated/α-hetero) is 1. The van der Waals surface area contributed by atoms with Crippen LogP contribution >= 0.6 is 11.6 Å². The second-order valence-electron chi connectivity index (χ2n) is 8.34. The van der Waals surface area contributed by atoms with E-state index < -0.39 is 23.1 Å². The fraction of sp³-hybridized carbons (Fsp3) is 0.409. The largest absolute Gasteiger partial charge is 0.394 e. The molecule has 3 N–H and O–H groups in total. The number of aryl methyl sites for hydroxylation is 1. The fourth-order valence-electron chi connectivity index (χ4n) is 3.58. The van der Waals surface area contributed by atoms with Crippen molar-refractivity contribution < 1.29 is 23.9 Å². The summed E-state index contributed by atoms with van der Waals surface area (Å²) < 4.78 is 15.2. The van der Waals surface area contributed by atoms with Crippen molar-refractivity contribution >= 4 is 34.9 Å². The Bertz CT molecular complexity index is 1060. The fourth-order valence-corrected chi connectivity index (χ4v) is 3.97. The molecule has 2 aromatic rings. The monoisotopic (exact) mass is 449 g/mol. The number of nitrogens with one attached hydrogen (secondary N) is 2. The van der Waals surface area contributed by atoms with Crippen molar-refractivity contribution in [2.45, 2.75) is 52.1 Å². The minimum atomic E-state index is -0.989. The zero-order valence-corrected chi connectivity index (χ0v) is 18.4. The Labute approximate surface area is 184 Å². The lowest BCUT2D eigenvalue weighted by atomic mass is 10.1. The van der Waals surface area contributed by atoms with Gasteiger partial charge in [0.15, 0.2) is 0 Å². The number of aliphatic hydroxyl groups is 1. The molecule has 1 aliphatic heterocycles. The van der Waals surface area contributed by atoms with Crippen LogP contribution in [-0.2, 0) is 17.8 Å². The lowest BCUT2D eigenvalue weighted by Gasteiger charge is -2.23. The molecule has 0 spiro atoms. The van der Waals surface area contributed by atoms with Gasteiger partial charge in [-0.15, -0.1) is 0 Å². The molecule has 1 aliphatic rings. The summed E-state index contributed by atoms with van der Waals surface area (Å²) >= 11 is 6.49. The summed E-state index contributed by atoms with van der Waals surface area (Å²) in [6.45, 7) is 4.85. The van der Waals surface area contributed by atoms with Gasteiger partial charge >= 0.3 is 0 Å². The standard InChI is InChI=1S/C22H25ClFN3O4/c1-12-10-13(7-8-14(12)24)25-20(30)16-15-6-4-5-9-27(15)18(17(16)23)19(29)21(31)26-22(2,3)11-28/h7-8,10,28H,4-6,9,11H2,1-3H3,(H,25,30)(H,26,31). The van der Waals surface area contributed by atoms with Crippen LogP contribution in [0.25, 0.3) is 0 Å². The number of hydrogen-bond acceptors (Lipinski definition) is 4. The number of halogens is 2. The first-order chi connectivity index (χ1) is 14.6. The molecule has 2 heterocycles. The van der Waals surface area contributed by atoms with Crippen molar-refractivity contribution in [2.24, 2.45) is 0 Å². The maximum absolute atomic E-state index is 13.5. The summed E-state index contributed by atoms with van der Waals surface area (Å²) in [7, 11) is 0. The smallest absolute Gasteiger partial charge is 0.294 e. The average molecular weight is 450 g/mol. The summed E-state index contributed by atoms with van der Waals surface area (Å²) in [5, 5.41) is 14.5. The molecule has 3 rings (SSSR count). The molecule has 7 nitrogen and oxygen atoms in total. The summed E-state index contributed by atoms with van der Waals surface area (Å²) in [5.41, 5.74) is 0.471. The molecule has 0 saturated carbocycles. The predicted molar refractivity (Wildman–Crippen MR) is 115 cm³/mol. The molecule has 1 aromatic carbocycles. The van der Waals surface area contributed by atoms with Crippen molar-refractivity contribution in [1.82, 2.24) is 9.88 Å². The van der Waals surface area contributed by atoms with E-state index in [1.54, 1.807) is 25.3 Å². The Balaban J connectivity index is 1.98. The molecule has 1 aromatic heterocycles. The van der Waals surface area contributed by atoms with Gasteiger partial charge in [-0.3, -0.25) is 14.4 Å². The number of hydrogen-bond donors (Lipinski definition) is 3. The number of aliphatic hydroxyl groups excluding tert-OH is 1. The van der Waals surface area contributed by atoms with Gasteiger partial charge in [-0.05, 0) is 63.8 Å². The van der Waals surface area contributed by atoms with Crippen LogP contribution in [0.15, 0.2) is 18.2 Å². The van der Waals surface area contributed by atoms with E-state index in [0.717, 1.165) is 12.8 Å². The van der Waals surface area contributed by atoms with E-state index in [0.29, 0.717) is 29.9 Å². The van der Waals surface area contributed by atoms with Crippen molar-refractivity contribution in [3.63, 3.8) is 0 Å². The third-order valence-electron chi connectivity index (χ3n) is 5.27. The Kier molecular flexibility index (Phi) is 6.52. The van der Waals surface area contributed by atoms with Gasteiger partial charge in [0.05, 0.1) is 22.7 Å². The minimum Gasteiger partial charge on any atom is -0.394 e. The lowest BCUT2D eigenvalue weighted by Crippen LogP contribution is -2.49. The van der Waals surface area contributed by atoms with E-state index in [-0.39, 0.29) is 28.7 Å². The normalized spacial score (nSPS) is 13.5. The molecule has 0 bridgehead atoms. The third kappa shape index (κ3) is 4.65. The molecular weight excluding hydrogens is 425 g/mol. The highest BCUT2D eigenvalue weighted by molar-refractivity contribution is 6.48. The highest BCUT2D eigenvalue weighted by Gasteiger charge is 2.34. The number of ketones is 1. The molecular formula is C22H25ClFN3O4. The van der Waals surface area contributed by atoms with Gasteiger partial charge in [0, 0.05) is 17.9 Å². The van der Waals surface area contributed by atoms with Crippen LogP contribution in [0.5, 0.6) is 0 Å². The molecule has 166 valence electrons. The van der Waals surface area contributed by atoms with Gasteiger partial charge in [-0.2, -0.15) is 0 Å². The number of nitrogens with zero attached hydrogens (tertiary/aromatic N) is 1. The van der Waals surface area contributed by atoms with Crippen molar-refractivity contribution in [1.29, 1.82) is 0 Å². The molecule has 0 saturated heterocycles. The minimum absolute atomic E-state index is 0.0388. The van der Waals surface area contributed by atoms with E-state index in [9.17, 15) is 23.9 Å². The molecule has 0 unspecified atom stereocenters. The number of anilines is 1. The molecule has 0 aliphatic carbocycles. The number of carbonyl (C=O) groups is 3. The average Bonchev–Trinajstić information content (AvgIpc) is 3.01. The van der Waals surface area contributed by atoms with Crippen LogP contribution in [0.1, 0.15) is 58.8 Å². The molecule has 9 heteroatoms. The van der Waals surface area contributed by atoms with E-state index in [2.05, 4.69) is 10.6 Å². The molecule has 0 atom stereocenters. The highest BCUT2D eigenvalue weighted by Crippen LogP contribution is 2.33.